The molecule has 1 aliphatic rings. The Hall–Kier alpha value is -2.22. The molecule has 0 aromatic carbocycles. The summed E-state index contributed by atoms with van der Waals surface area (Å²) in [6.07, 6.45) is 1.98. The number of aliphatic carboxylic acids is 1. The van der Waals surface area contributed by atoms with Crippen LogP contribution in [0.5, 0.6) is 0 Å². The minimum Gasteiger partial charge on any atom is -0.481 e. The van der Waals surface area contributed by atoms with Crippen molar-refractivity contribution in [2.24, 2.45) is 0 Å². The summed E-state index contributed by atoms with van der Waals surface area (Å²) in [5.74, 6) is -0.234. The molecule has 1 amide bonds. The normalized spacial score (nSPS) is 14.2. The molecule has 2 aromatic rings. The average Bonchev–Trinajstić information content (AvgIpc) is 2.96. The summed E-state index contributed by atoms with van der Waals surface area (Å²) < 4.78 is 5.10. The van der Waals surface area contributed by atoms with Gasteiger partial charge in [0.2, 0.25) is 0 Å². The summed E-state index contributed by atoms with van der Waals surface area (Å²) in [5, 5.41) is 16.9. The maximum absolute atomic E-state index is 11.9. The standard InChI is InChI=1S/C12H11N3O4S/c16-10(17)3-7-5-20-12(13-7)14-11(18)8-4-9(19-15-8)6-1-2-6/h4-6H,1-3H2,(H,16,17)(H,13,14,18). The molecule has 0 atom stereocenters. The van der Waals surface area contributed by atoms with Crippen molar-refractivity contribution < 1.29 is 19.2 Å². The fourth-order valence-corrected chi connectivity index (χ4v) is 2.42. The second-order valence-corrected chi connectivity index (χ2v) is 5.42. The van der Waals surface area contributed by atoms with Gasteiger partial charge in [-0.2, -0.15) is 0 Å². The maximum Gasteiger partial charge on any atom is 0.309 e. The summed E-state index contributed by atoms with van der Waals surface area (Å²) >= 11 is 1.18. The summed E-state index contributed by atoms with van der Waals surface area (Å²) in [7, 11) is 0. The fraction of sp³-hybridized carbons (Fsp3) is 0.333. The van der Waals surface area contributed by atoms with E-state index < -0.39 is 11.9 Å². The summed E-state index contributed by atoms with van der Waals surface area (Å²) in [5.41, 5.74) is 0.624. The van der Waals surface area contributed by atoms with Crippen LogP contribution in [0.15, 0.2) is 16.0 Å². The van der Waals surface area contributed by atoms with E-state index in [9.17, 15) is 9.59 Å². The number of thiazole rings is 1. The number of hydrogen-bond acceptors (Lipinski definition) is 6. The Balaban J connectivity index is 1.65. The molecule has 1 fully saturated rings. The first-order valence-electron chi connectivity index (χ1n) is 6.06. The number of aromatic nitrogens is 2. The Kier molecular flexibility index (Phi) is 3.23. The van der Waals surface area contributed by atoms with Crippen LogP contribution in [0.25, 0.3) is 0 Å². The molecule has 0 radical (unpaired) electrons. The van der Waals surface area contributed by atoms with E-state index in [2.05, 4.69) is 15.5 Å². The van der Waals surface area contributed by atoms with Gasteiger partial charge in [-0.15, -0.1) is 11.3 Å². The highest BCUT2D eigenvalue weighted by Crippen LogP contribution is 2.40. The molecular weight excluding hydrogens is 282 g/mol. The summed E-state index contributed by atoms with van der Waals surface area (Å²) in [6, 6.07) is 1.64. The number of amides is 1. The van der Waals surface area contributed by atoms with E-state index in [0.717, 1.165) is 18.6 Å². The van der Waals surface area contributed by atoms with Gasteiger partial charge < -0.3 is 9.63 Å². The quantitative estimate of drug-likeness (QED) is 0.872. The molecule has 20 heavy (non-hydrogen) atoms. The van der Waals surface area contributed by atoms with Crippen molar-refractivity contribution in [3.05, 3.63) is 28.6 Å². The molecular formula is C12H11N3O4S. The van der Waals surface area contributed by atoms with Gasteiger partial charge >= 0.3 is 5.97 Å². The molecule has 0 saturated heterocycles. The molecule has 0 spiro atoms. The van der Waals surface area contributed by atoms with Crippen LogP contribution in [0.3, 0.4) is 0 Å². The minimum atomic E-state index is -0.959. The number of carboxylic acids is 1. The molecule has 1 saturated carbocycles. The van der Waals surface area contributed by atoms with Crippen LogP contribution in [0.1, 0.15) is 40.7 Å². The molecule has 0 unspecified atom stereocenters. The summed E-state index contributed by atoms with van der Waals surface area (Å²) in [6.45, 7) is 0. The number of nitrogens with one attached hydrogen (secondary N) is 1. The molecule has 2 aromatic heterocycles. The Morgan fingerprint density at radius 1 is 1.50 bits per heavy atom. The van der Waals surface area contributed by atoms with Crippen molar-refractivity contribution >= 4 is 28.3 Å². The zero-order valence-corrected chi connectivity index (χ0v) is 11.1. The van der Waals surface area contributed by atoms with E-state index in [0.29, 0.717) is 16.7 Å². The number of nitrogens with zero attached hydrogens (tertiary/aromatic N) is 2. The third-order valence-electron chi connectivity index (χ3n) is 2.85. The highest BCUT2D eigenvalue weighted by molar-refractivity contribution is 7.14. The Labute approximate surface area is 117 Å². The van der Waals surface area contributed by atoms with E-state index in [1.165, 1.54) is 11.3 Å². The monoisotopic (exact) mass is 293 g/mol. The Bertz CT molecular complexity index is 659. The van der Waals surface area contributed by atoms with Gasteiger partial charge in [-0.3, -0.25) is 14.9 Å². The number of carbonyl (C=O) groups is 2. The lowest BCUT2D eigenvalue weighted by Gasteiger charge is -1.96. The minimum absolute atomic E-state index is 0.165. The van der Waals surface area contributed by atoms with Crippen LogP contribution in [0, 0.1) is 0 Å². The number of rotatable bonds is 5. The lowest BCUT2D eigenvalue weighted by Crippen LogP contribution is -2.12. The van der Waals surface area contributed by atoms with Crippen LogP contribution >= 0.6 is 11.3 Å². The van der Waals surface area contributed by atoms with Gasteiger partial charge in [0.25, 0.3) is 5.91 Å². The van der Waals surface area contributed by atoms with Gasteiger partial charge in [0.15, 0.2) is 10.8 Å². The molecule has 3 rings (SSSR count). The molecule has 8 heteroatoms. The second kappa shape index (κ2) is 5.04. The predicted molar refractivity (Wildman–Crippen MR) is 69.9 cm³/mol. The third-order valence-corrected chi connectivity index (χ3v) is 3.65. The molecule has 0 bridgehead atoms. The van der Waals surface area contributed by atoms with E-state index in [1.807, 2.05) is 0 Å². The van der Waals surface area contributed by atoms with Crippen molar-refractivity contribution in [3.63, 3.8) is 0 Å². The zero-order valence-electron chi connectivity index (χ0n) is 10.3. The van der Waals surface area contributed by atoms with Crippen LogP contribution in [0.4, 0.5) is 5.13 Å². The van der Waals surface area contributed by atoms with Gasteiger partial charge in [0.05, 0.1) is 12.1 Å². The van der Waals surface area contributed by atoms with E-state index in [-0.39, 0.29) is 12.1 Å². The van der Waals surface area contributed by atoms with Crippen molar-refractivity contribution in [1.82, 2.24) is 10.1 Å². The molecule has 0 aliphatic heterocycles. The first-order chi connectivity index (χ1) is 9.61. The Morgan fingerprint density at radius 3 is 3.00 bits per heavy atom. The number of carboxylic acid groups (broad SMARTS) is 1. The first-order valence-corrected chi connectivity index (χ1v) is 6.94. The van der Waals surface area contributed by atoms with E-state index >= 15 is 0 Å². The number of anilines is 1. The SMILES string of the molecule is O=C(O)Cc1csc(NC(=O)c2cc(C3CC3)on2)n1. The second-order valence-electron chi connectivity index (χ2n) is 4.56. The van der Waals surface area contributed by atoms with Gasteiger partial charge in [0, 0.05) is 17.4 Å². The topological polar surface area (TPSA) is 105 Å². The predicted octanol–water partition coefficient (Wildman–Crippen LogP) is 1.89. The van der Waals surface area contributed by atoms with Crippen LogP contribution < -0.4 is 5.32 Å². The van der Waals surface area contributed by atoms with E-state index in [1.54, 1.807) is 11.4 Å². The van der Waals surface area contributed by atoms with E-state index in [4.69, 9.17) is 9.63 Å². The van der Waals surface area contributed by atoms with Crippen LogP contribution in [-0.2, 0) is 11.2 Å². The van der Waals surface area contributed by atoms with Gasteiger partial charge in [-0.05, 0) is 12.8 Å². The molecule has 1 aliphatic carbocycles. The van der Waals surface area contributed by atoms with Gasteiger partial charge in [-0.1, -0.05) is 5.16 Å². The lowest BCUT2D eigenvalue weighted by atomic mass is 10.3. The molecule has 104 valence electrons. The average molecular weight is 293 g/mol. The number of hydrogen-bond donors (Lipinski definition) is 2. The van der Waals surface area contributed by atoms with Crippen molar-refractivity contribution in [2.75, 3.05) is 5.32 Å². The first kappa shape index (κ1) is 12.8. The highest BCUT2D eigenvalue weighted by atomic mass is 32.1. The Morgan fingerprint density at radius 2 is 2.30 bits per heavy atom. The van der Waals surface area contributed by atoms with Crippen molar-refractivity contribution in [3.8, 4) is 0 Å². The van der Waals surface area contributed by atoms with Crippen LogP contribution in [0.2, 0.25) is 0 Å². The largest absolute Gasteiger partial charge is 0.481 e. The van der Waals surface area contributed by atoms with Crippen molar-refractivity contribution in [1.29, 1.82) is 0 Å². The zero-order chi connectivity index (χ0) is 14.1. The van der Waals surface area contributed by atoms with Gasteiger partial charge in [-0.25, -0.2) is 4.98 Å². The highest BCUT2D eigenvalue weighted by Gasteiger charge is 2.29. The number of carbonyl (C=O) groups excluding carboxylic acids is 1. The molecule has 7 nitrogen and oxygen atoms in total. The maximum atomic E-state index is 11.9. The lowest BCUT2D eigenvalue weighted by molar-refractivity contribution is -0.136. The molecule has 2 N–H and O–H groups in total. The van der Waals surface area contributed by atoms with Crippen LogP contribution in [-0.4, -0.2) is 27.1 Å². The fourth-order valence-electron chi connectivity index (χ4n) is 1.72. The van der Waals surface area contributed by atoms with Gasteiger partial charge in [0.1, 0.15) is 5.76 Å². The smallest absolute Gasteiger partial charge is 0.309 e. The third kappa shape index (κ3) is 2.85. The summed E-state index contributed by atoms with van der Waals surface area (Å²) in [4.78, 5) is 26.5. The van der Waals surface area contributed by atoms with Crippen molar-refractivity contribution in [2.45, 2.75) is 25.2 Å². The molecule has 2 heterocycles.